The van der Waals surface area contributed by atoms with Gasteiger partial charge in [0, 0.05) is 7.05 Å². The normalized spacial score (nSPS) is 8.73. The molecule has 0 aromatic carbocycles. The Labute approximate surface area is 67.4 Å². The quantitative estimate of drug-likeness (QED) is 0.492. The van der Waals surface area contributed by atoms with Gasteiger partial charge in [-0.1, -0.05) is 0 Å². The lowest BCUT2D eigenvalue weighted by Gasteiger charge is -2.07. The second-order valence-electron chi connectivity index (χ2n) is 2.35. The van der Waals surface area contributed by atoms with Gasteiger partial charge in [-0.25, -0.2) is 4.79 Å². The molecular formula is C8H15NO2. The van der Waals surface area contributed by atoms with E-state index in [0.717, 1.165) is 5.57 Å². The van der Waals surface area contributed by atoms with Crippen LogP contribution in [0.4, 0.5) is 0 Å². The second kappa shape index (κ2) is 4.77. The first kappa shape index (κ1) is 10.0. The highest BCUT2D eigenvalue weighted by molar-refractivity contribution is 5.88. The summed E-state index contributed by atoms with van der Waals surface area (Å²) < 4.78 is 4.80. The van der Waals surface area contributed by atoms with Gasteiger partial charge in [0.15, 0.2) is 0 Å². The summed E-state index contributed by atoms with van der Waals surface area (Å²) in [6.07, 6.45) is 0. The van der Waals surface area contributed by atoms with Crippen LogP contribution in [0.15, 0.2) is 11.3 Å². The largest absolute Gasteiger partial charge is 0.461 e. The van der Waals surface area contributed by atoms with Crippen molar-refractivity contribution in [2.75, 3.05) is 13.7 Å². The molecule has 0 unspecified atom stereocenters. The molecule has 0 aromatic heterocycles. The third-order valence-electron chi connectivity index (χ3n) is 1.23. The van der Waals surface area contributed by atoms with Crippen LogP contribution in [-0.4, -0.2) is 19.6 Å². The third-order valence-corrected chi connectivity index (χ3v) is 1.23. The number of hydrogen-bond donors (Lipinski definition) is 1. The van der Waals surface area contributed by atoms with E-state index in [1.807, 2.05) is 13.8 Å². The summed E-state index contributed by atoms with van der Waals surface area (Å²) in [5.74, 6) is -0.282. The number of ether oxygens (including phenoxy) is 1. The first-order valence-corrected chi connectivity index (χ1v) is 3.65. The lowest BCUT2D eigenvalue weighted by molar-refractivity contribution is -0.138. The summed E-state index contributed by atoms with van der Waals surface area (Å²) in [5.41, 5.74) is 1.48. The fourth-order valence-electron chi connectivity index (χ4n) is 0.759. The Morgan fingerprint density at radius 1 is 1.45 bits per heavy atom. The van der Waals surface area contributed by atoms with E-state index in [4.69, 9.17) is 4.74 Å². The monoisotopic (exact) mass is 157 g/mol. The Balaban J connectivity index is 4.28. The van der Waals surface area contributed by atoms with Crippen LogP contribution in [0, 0.1) is 0 Å². The average Bonchev–Trinajstić information content (AvgIpc) is 1.88. The van der Waals surface area contributed by atoms with E-state index in [0.29, 0.717) is 12.3 Å². The molecule has 0 radical (unpaired) electrons. The number of hydrogen-bond acceptors (Lipinski definition) is 3. The molecular weight excluding hydrogens is 142 g/mol. The number of esters is 1. The molecule has 11 heavy (non-hydrogen) atoms. The van der Waals surface area contributed by atoms with Crippen LogP contribution in [0.5, 0.6) is 0 Å². The van der Waals surface area contributed by atoms with E-state index < -0.39 is 0 Å². The van der Waals surface area contributed by atoms with Gasteiger partial charge < -0.3 is 10.1 Å². The van der Waals surface area contributed by atoms with Crippen LogP contribution < -0.4 is 5.32 Å². The van der Waals surface area contributed by atoms with Gasteiger partial charge in [0.05, 0.1) is 6.61 Å². The maximum atomic E-state index is 11.1. The van der Waals surface area contributed by atoms with Gasteiger partial charge in [-0.05, 0) is 26.3 Å². The molecule has 0 rings (SSSR count). The first-order chi connectivity index (χ1) is 5.13. The molecule has 0 aliphatic rings. The molecule has 3 nitrogen and oxygen atoms in total. The van der Waals surface area contributed by atoms with Gasteiger partial charge in [-0.15, -0.1) is 0 Å². The number of allylic oxidation sites excluding steroid dienone is 1. The summed E-state index contributed by atoms with van der Waals surface area (Å²) >= 11 is 0. The zero-order valence-corrected chi connectivity index (χ0v) is 7.52. The Hall–Kier alpha value is -0.990. The molecule has 0 bridgehead atoms. The van der Waals surface area contributed by atoms with E-state index in [1.165, 1.54) is 0 Å². The fraction of sp³-hybridized carbons (Fsp3) is 0.625. The van der Waals surface area contributed by atoms with Crippen molar-refractivity contribution in [3.8, 4) is 0 Å². The Bertz CT molecular complexity index is 169. The smallest absolute Gasteiger partial charge is 0.354 e. The minimum Gasteiger partial charge on any atom is -0.461 e. The summed E-state index contributed by atoms with van der Waals surface area (Å²) in [6, 6.07) is 0. The summed E-state index contributed by atoms with van der Waals surface area (Å²) in [4.78, 5) is 11.1. The molecule has 0 spiro atoms. The maximum Gasteiger partial charge on any atom is 0.354 e. The van der Waals surface area contributed by atoms with Crippen molar-refractivity contribution in [2.24, 2.45) is 0 Å². The lowest BCUT2D eigenvalue weighted by atomic mass is 10.2. The zero-order chi connectivity index (χ0) is 8.85. The van der Waals surface area contributed by atoms with E-state index >= 15 is 0 Å². The highest BCUT2D eigenvalue weighted by Gasteiger charge is 2.08. The van der Waals surface area contributed by atoms with Crippen LogP contribution >= 0.6 is 0 Å². The first-order valence-electron chi connectivity index (χ1n) is 3.65. The Morgan fingerprint density at radius 2 is 2.00 bits per heavy atom. The van der Waals surface area contributed by atoms with E-state index in [2.05, 4.69) is 5.32 Å². The van der Waals surface area contributed by atoms with Crippen molar-refractivity contribution in [3.05, 3.63) is 11.3 Å². The highest BCUT2D eigenvalue weighted by atomic mass is 16.5. The number of nitrogens with one attached hydrogen (secondary N) is 1. The van der Waals surface area contributed by atoms with Gasteiger partial charge in [0.2, 0.25) is 0 Å². The van der Waals surface area contributed by atoms with Crippen molar-refractivity contribution in [2.45, 2.75) is 20.8 Å². The molecule has 64 valence electrons. The molecule has 3 heteroatoms. The molecule has 0 fully saturated rings. The highest BCUT2D eigenvalue weighted by Crippen LogP contribution is 2.00. The molecule has 0 saturated carbocycles. The molecule has 0 aliphatic heterocycles. The van der Waals surface area contributed by atoms with Crippen molar-refractivity contribution in [1.29, 1.82) is 0 Å². The van der Waals surface area contributed by atoms with Crippen LogP contribution in [0.2, 0.25) is 0 Å². The zero-order valence-electron chi connectivity index (χ0n) is 7.52. The van der Waals surface area contributed by atoms with E-state index in [9.17, 15) is 4.79 Å². The fourth-order valence-corrected chi connectivity index (χ4v) is 0.759. The Morgan fingerprint density at radius 3 is 2.27 bits per heavy atom. The predicted octanol–water partition coefficient (Wildman–Crippen LogP) is 1.06. The summed E-state index contributed by atoms with van der Waals surface area (Å²) in [7, 11) is 1.71. The number of likely N-dealkylation sites (N-methyl/N-ethyl adjacent to an activating group) is 1. The summed E-state index contributed by atoms with van der Waals surface area (Å²) in [6.45, 7) is 5.93. The summed E-state index contributed by atoms with van der Waals surface area (Å²) in [5, 5.41) is 2.79. The molecule has 0 atom stereocenters. The van der Waals surface area contributed by atoms with Crippen LogP contribution in [0.3, 0.4) is 0 Å². The SMILES string of the molecule is CCOC(=O)C(NC)=C(C)C. The predicted molar refractivity (Wildman–Crippen MR) is 44.1 cm³/mol. The average molecular weight is 157 g/mol. The molecule has 0 amide bonds. The third kappa shape index (κ3) is 3.07. The topological polar surface area (TPSA) is 38.3 Å². The van der Waals surface area contributed by atoms with Crippen molar-refractivity contribution >= 4 is 5.97 Å². The van der Waals surface area contributed by atoms with Gasteiger partial charge >= 0.3 is 5.97 Å². The minimum absolute atomic E-state index is 0.282. The molecule has 0 aliphatic carbocycles. The van der Waals surface area contributed by atoms with E-state index in [1.54, 1.807) is 14.0 Å². The number of rotatable bonds is 3. The number of carbonyl (C=O) groups is 1. The van der Waals surface area contributed by atoms with Gasteiger partial charge in [0.25, 0.3) is 0 Å². The van der Waals surface area contributed by atoms with Crippen molar-refractivity contribution < 1.29 is 9.53 Å². The van der Waals surface area contributed by atoms with Gasteiger partial charge in [-0.2, -0.15) is 0 Å². The minimum atomic E-state index is -0.282. The van der Waals surface area contributed by atoms with E-state index in [-0.39, 0.29) is 5.97 Å². The van der Waals surface area contributed by atoms with Crippen LogP contribution in [0.1, 0.15) is 20.8 Å². The van der Waals surface area contributed by atoms with Crippen molar-refractivity contribution in [1.82, 2.24) is 5.32 Å². The lowest BCUT2D eigenvalue weighted by Crippen LogP contribution is -2.19. The van der Waals surface area contributed by atoms with Gasteiger partial charge in [-0.3, -0.25) is 0 Å². The Kier molecular flexibility index (Phi) is 4.34. The molecule has 0 aromatic rings. The van der Waals surface area contributed by atoms with Crippen LogP contribution in [0.25, 0.3) is 0 Å². The molecule has 0 heterocycles. The van der Waals surface area contributed by atoms with Crippen LogP contribution in [-0.2, 0) is 9.53 Å². The second-order valence-corrected chi connectivity index (χ2v) is 2.35. The van der Waals surface area contributed by atoms with Gasteiger partial charge in [0.1, 0.15) is 5.70 Å². The molecule has 1 N–H and O–H groups in total. The standard InChI is InChI=1S/C8H15NO2/c1-5-11-8(10)7(9-4)6(2)3/h9H,5H2,1-4H3. The van der Waals surface area contributed by atoms with Crippen molar-refractivity contribution in [3.63, 3.8) is 0 Å². The number of carbonyl (C=O) groups excluding carboxylic acids is 1. The maximum absolute atomic E-state index is 11.1. The molecule has 0 saturated heterocycles.